The monoisotopic (exact) mass is 262 g/mol. The Kier molecular flexibility index (Phi) is 3.26. The van der Waals surface area contributed by atoms with Crippen LogP contribution in [0.2, 0.25) is 5.02 Å². The molecule has 0 unspecified atom stereocenters. The van der Waals surface area contributed by atoms with E-state index in [9.17, 15) is 15.0 Å². The quantitative estimate of drug-likeness (QED) is 0.645. The Morgan fingerprint density at radius 1 is 1.06 bits per heavy atom. The zero-order valence-electron chi connectivity index (χ0n) is 9.64. The Balaban J connectivity index is 2.43. The molecule has 0 spiro atoms. The van der Waals surface area contributed by atoms with E-state index in [0.717, 1.165) is 5.56 Å². The molecule has 0 amide bonds. The highest BCUT2D eigenvalue weighted by molar-refractivity contribution is 6.32. The van der Waals surface area contributed by atoms with E-state index in [1.807, 2.05) is 19.1 Å². The lowest BCUT2D eigenvalue weighted by Gasteiger charge is -2.05. The van der Waals surface area contributed by atoms with Gasteiger partial charge in [-0.25, -0.2) is 0 Å². The molecule has 2 aromatic rings. The fraction of sp³-hybridized carbons (Fsp3) is 0.0714. The van der Waals surface area contributed by atoms with Gasteiger partial charge in [0, 0.05) is 11.1 Å². The van der Waals surface area contributed by atoms with Gasteiger partial charge in [-0.1, -0.05) is 41.4 Å². The SMILES string of the molecule is Cc1ccc(C(=O)c2cc(O)c(O)c(Cl)c2)cc1. The van der Waals surface area contributed by atoms with Crippen molar-refractivity contribution < 1.29 is 15.0 Å². The Morgan fingerprint density at radius 2 is 1.67 bits per heavy atom. The van der Waals surface area contributed by atoms with Crippen LogP contribution in [0.25, 0.3) is 0 Å². The fourth-order valence-corrected chi connectivity index (χ4v) is 1.80. The number of aryl methyl sites for hydroxylation is 1. The minimum Gasteiger partial charge on any atom is -0.504 e. The van der Waals surface area contributed by atoms with Crippen LogP contribution < -0.4 is 0 Å². The van der Waals surface area contributed by atoms with E-state index in [-0.39, 0.29) is 16.4 Å². The van der Waals surface area contributed by atoms with Crippen LogP contribution in [0.1, 0.15) is 21.5 Å². The third kappa shape index (κ3) is 2.31. The summed E-state index contributed by atoms with van der Waals surface area (Å²) in [7, 11) is 0. The van der Waals surface area contributed by atoms with Gasteiger partial charge in [0.05, 0.1) is 5.02 Å². The van der Waals surface area contributed by atoms with Gasteiger partial charge in [-0.15, -0.1) is 0 Å². The zero-order valence-corrected chi connectivity index (χ0v) is 10.4. The molecule has 92 valence electrons. The summed E-state index contributed by atoms with van der Waals surface area (Å²) in [6, 6.07) is 9.59. The van der Waals surface area contributed by atoms with Crippen LogP contribution >= 0.6 is 11.6 Å². The third-order valence-electron chi connectivity index (χ3n) is 2.62. The highest BCUT2D eigenvalue weighted by Gasteiger charge is 2.14. The number of rotatable bonds is 2. The Hall–Kier alpha value is -2.00. The van der Waals surface area contributed by atoms with E-state index < -0.39 is 11.5 Å². The normalized spacial score (nSPS) is 10.3. The first-order valence-electron chi connectivity index (χ1n) is 5.32. The highest BCUT2D eigenvalue weighted by atomic mass is 35.5. The molecule has 0 atom stereocenters. The number of carbonyl (C=O) groups excluding carboxylic acids is 1. The van der Waals surface area contributed by atoms with Crippen molar-refractivity contribution in [3.8, 4) is 11.5 Å². The number of phenols is 2. The maximum absolute atomic E-state index is 12.1. The summed E-state index contributed by atoms with van der Waals surface area (Å²) < 4.78 is 0. The van der Waals surface area contributed by atoms with E-state index in [1.54, 1.807) is 12.1 Å². The molecule has 0 radical (unpaired) electrons. The average molecular weight is 263 g/mol. The van der Waals surface area contributed by atoms with Crippen LogP contribution in [0.5, 0.6) is 11.5 Å². The molecule has 0 fully saturated rings. The summed E-state index contributed by atoms with van der Waals surface area (Å²) >= 11 is 5.71. The van der Waals surface area contributed by atoms with Crippen molar-refractivity contribution >= 4 is 17.4 Å². The van der Waals surface area contributed by atoms with E-state index in [1.165, 1.54) is 12.1 Å². The van der Waals surface area contributed by atoms with Crippen molar-refractivity contribution in [2.24, 2.45) is 0 Å². The highest BCUT2D eigenvalue weighted by Crippen LogP contribution is 2.34. The first-order chi connectivity index (χ1) is 8.49. The third-order valence-corrected chi connectivity index (χ3v) is 2.91. The van der Waals surface area contributed by atoms with Crippen molar-refractivity contribution in [3.63, 3.8) is 0 Å². The lowest BCUT2D eigenvalue weighted by atomic mass is 10.0. The van der Waals surface area contributed by atoms with E-state index >= 15 is 0 Å². The molecule has 2 rings (SSSR count). The number of hydrogen-bond donors (Lipinski definition) is 2. The summed E-state index contributed by atoms with van der Waals surface area (Å²) in [6.45, 7) is 1.93. The number of ketones is 1. The van der Waals surface area contributed by atoms with Crippen LogP contribution in [0.3, 0.4) is 0 Å². The van der Waals surface area contributed by atoms with E-state index in [4.69, 9.17) is 11.6 Å². The Bertz CT molecular complexity index is 580. The fourth-order valence-electron chi connectivity index (χ4n) is 1.59. The molecule has 4 heteroatoms. The van der Waals surface area contributed by atoms with Crippen molar-refractivity contribution in [2.45, 2.75) is 6.92 Å². The second-order valence-corrected chi connectivity index (χ2v) is 4.43. The number of benzene rings is 2. The number of hydrogen-bond acceptors (Lipinski definition) is 3. The molecule has 18 heavy (non-hydrogen) atoms. The summed E-state index contributed by atoms with van der Waals surface area (Å²) in [5.41, 5.74) is 1.79. The summed E-state index contributed by atoms with van der Waals surface area (Å²) in [4.78, 5) is 12.1. The molecule has 0 bridgehead atoms. The Labute approximate surface area is 109 Å². The number of aromatic hydroxyl groups is 2. The molecular weight excluding hydrogens is 252 g/mol. The van der Waals surface area contributed by atoms with Gasteiger partial charge in [-0.2, -0.15) is 0 Å². The van der Waals surface area contributed by atoms with Gasteiger partial charge >= 0.3 is 0 Å². The molecule has 0 saturated carbocycles. The molecule has 0 aliphatic heterocycles. The molecule has 0 aliphatic rings. The summed E-state index contributed by atoms with van der Waals surface area (Å²) in [5.74, 6) is -1.08. The predicted molar refractivity (Wildman–Crippen MR) is 69.4 cm³/mol. The molecule has 3 nitrogen and oxygen atoms in total. The van der Waals surface area contributed by atoms with Gasteiger partial charge in [0.15, 0.2) is 17.3 Å². The summed E-state index contributed by atoms with van der Waals surface area (Å²) in [6.07, 6.45) is 0. The maximum Gasteiger partial charge on any atom is 0.193 e. The van der Waals surface area contributed by atoms with Crippen molar-refractivity contribution in [2.75, 3.05) is 0 Å². The zero-order chi connectivity index (χ0) is 13.3. The minimum absolute atomic E-state index is 0.0505. The molecule has 0 aliphatic carbocycles. The lowest BCUT2D eigenvalue weighted by Crippen LogP contribution is -2.01. The predicted octanol–water partition coefficient (Wildman–Crippen LogP) is 3.29. The molecule has 2 N–H and O–H groups in total. The van der Waals surface area contributed by atoms with Crippen LogP contribution in [0.4, 0.5) is 0 Å². The second kappa shape index (κ2) is 4.70. The maximum atomic E-state index is 12.1. The summed E-state index contributed by atoms with van der Waals surface area (Å²) in [5, 5.41) is 18.7. The standard InChI is InChI=1S/C14H11ClO3/c1-8-2-4-9(5-3-8)13(17)10-6-11(15)14(18)12(16)7-10/h2-7,16,18H,1H3. The van der Waals surface area contributed by atoms with Gasteiger partial charge in [-0.3, -0.25) is 4.79 Å². The second-order valence-electron chi connectivity index (χ2n) is 4.02. The van der Waals surface area contributed by atoms with Crippen molar-refractivity contribution in [1.82, 2.24) is 0 Å². The molecule has 0 aromatic heterocycles. The number of phenolic OH excluding ortho intramolecular Hbond substituents is 2. The lowest BCUT2D eigenvalue weighted by molar-refractivity contribution is 0.103. The van der Waals surface area contributed by atoms with Crippen LogP contribution in [-0.4, -0.2) is 16.0 Å². The van der Waals surface area contributed by atoms with Gasteiger partial charge in [0.1, 0.15) is 0 Å². The van der Waals surface area contributed by atoms with E-state index in [2.05, 4.69) is 0 Å². The van der Waals surface area contributed by atoms with Gasteiger partial charge in [-0.05, 0) is 19.1 Å². The van der Waals surface area contributed by atoms with Gasteiger partial charge in [0.25, 0.3) is 0 Å². The van der Waals surface area contributed by atoms with Crippen molar-refractivity contribution in [3.05, 3.63) is 58.1 Å². The van der Waals surface area contributed by atoms with Crippen LogP contribution in [0.15, 0.2) is 36.4 Å². The number of carbonyl (C=O) groups is 1. The first kappa shape index (κ1) is 12.5. The molecule has 0 saturated heterocycles. The smallest absolute Gasteiger partial charge is 0.193 e. The molecular formula is C14H11ClO3. The largest absolute Gasteiger partial charge is 0.504 e. The Morgan fingerprint density at radius 3 is 2.22 bits per heavy atom. The van der Waals surface area contributed by atoms with Crippen LogP contribution in [-0.2, 0) is 0 Å². The topological polar surface area (TPSA) is 57.5 Å². The molecule has 0 heterocycles. The first-order valence-corrected chi connectivity index (χ1v) is 5.69. The molecule has 2 aromatic carbocycles. The van der Waals surface area contributed by atoms with E-state index in [0.29, 0.717) is 5.56 Å². The van der Waals surface area contributed by atoms with Crippen LogP contribution in [0, 0.1) is 6.92 Å². The van der Waals surface area contributed by atoms with Gasteiger partial charge < -0.3 is 10.2 Å². The van der Waals surface area contributed by atoms with Gasteiger partial charge in [0.2, 0.25) is 0 Å². The average Bonchev–Trinajstić information content (AvgIpc) is 2.35. The number of halogens is 1. The minimum atomic E-state index is -0.419. The van der Waals surface area contributed by atoms with Crippen molar-refractivity contribution in [1.29, 1.82) is 0 Å².